The molecule has 8 aromatic rings. The molecular weight excluding hydrogens is 974 g/mol. The third kappa shape index (κ3) is 9.55. The number of benzene rings is 4. The first-order valence-electron chi connectivity index (χ1n) is 20.9. The molecule has 1 aliphatic heterocycles. The Labute approximate surface area is 405 Å². The van der Waals surface area contributed by atoms with E-state index in [0.29, 0.717) is 28.2 Å². The number of amides is 2. The molecule has 0 saturated carbocycles. The van der Waals surface area contributed by atoms with Crippen molar-refractivity contribution in [2.45, 2.75) is 12.8 Å². The Bertz CT molecular complexity index is 3390. The van der Waals surface area contributed by atoms with Gasteiger partial charge in [-0.2, -0.15) is 20.2 Å². The molecule has 0 fully saturated rings. The number of aryl methyl sites for hydroxylation is 2. The lowest BCUT2D eigenvalue weighted by atomic mass is 10.1. The van der Waals surface area contributed by atoms with Crippen LogP contribution >= 0.6 is 15.9 Å². The van der Waals surface area contributed by atoms with E-state index in [0.717, 1.165) is 23.1 Å². The quantitative estimate of drug-likeness (QED) is 0.0607. The van der Waals surface area contributed by atoms with E-state index in [4.69, 9.17) is 9.47 Å². The molecule has 0 radical (unpaired) electrons. The van der Waals surface area contributed by atoms with Gasteiger partial charge in [0.15, 0.2) is 11.5 Å². The van der Waals surface area contributed by atoms with Gasteiger partial charge in [-0.05, 0) is 88.2 Å². The molecule has 5 N–H and O–H groups in total. The molecule has 1 aliphatic rings. The second-order valence-electron chi connectivity index (χ2n) is 15.5. The maximum Gasteiger partial charge on any atom is 0.342 e. The van der Waals surface area contributed by atoms with Gasteiger partial charge in [-0.25, -0.2) is 28.0 Å². The summed E-state index contributed by atoms with van der Waals surface area (Å²) in [5.74, 6) is -4.24. The molecule has 1 unspecified atom stereocenters. The smallest absolute Gasteiger partial charge is 0.342 e. The van der Waals surface area contributed by atoms with Crippen molar-refractivity contribution in [1.29, 1.82) is 0 Å². The van der Waals surface area contributed by atoms with Crippen molar-refractivity contribution >= 4 is 85.4 Å². The number of carbonyl (C=O) groups excluding carboxylic acids is 2. The Balaban J connectivity index is 1.05. The second kappa shape index (κ2) is 18.9. The average molecular weight is 1010 g/mol. The molecule has 1 atom stereocenters. The number of hydrogen-bond acceptors (Lipinski definition) is 14. The van der Waals surface area contributed by atoms with Gasteiger partial charge in [-0.15, -0.1) is 0 Å². The van der Waals surface area contributed by atoms with Gasteiger partial charge in [-0.1, -0.05) is 31.4 Å². The van der Waals surface area contributed by atoms with Crippen LogP contribution in [0.2, 0.25) is 0 Å². The number of fused-ring (bicyclic) bond motifs is 1. The van der Waals surface area contributed by atoms with Gasteiger partial charge in [0.1, 0.15) is 29.1 Å². The van der Waals surface area contributed by atoms with Crippen LogP contribution in [0.3, 0.4) is 0 Å². The van der Waals surface area contributed by atoms with Crippen molar-refractivity contribution < 1.29 is 32.2 Å². The highest BCUT2D eigenvalue weighted by atomic mass is 79.9. The summed E-state index contributed by atoms with van der Waals surface area (Å²) < 4.78 is 63.1. The highest BCUT2D eigenvalue weighted by Gasteiger charge is 2.46. The fourth-order valence-electron chi connectivity index (χ4n) is 7.33. The Hall–Kier alpha value is -9.05. The molecule has 70 heavy (non-hydrogen) atoms. The van der Waals surface area contributed by atoms with E-state index >= 15 is 13.2 Å². The number of rotatable bonds is 15. The van der Waals surface area contributed by atoms with Gasteiger partial charge in [0.25, 0.3) is 5.91 Å². The van der Waals surface area contributed by atoms with Crippen LogP contribution in [0.25, 0.3) is 22.3 Å². The number of halogens is 4. The summed E-state index contributed by atoms with van der Waals surface area (Å²) in [5, 5.41) is 23.1. The molecule has 0 spiro atoms. The number of aromatic nitrogens is 8. The first kappa shape index (κ1) is 46.1. The van der Waals surface area contributed by atoms with Crippen molar-refractivity contribution in [3.63, 3.8) is 0 Å². The topological polar surface area (TPSA) is 203 Å². The summed E-state index contributed by atoms with van der Waals surface area (Å²) >= 11 is 3.23. The molecule has 9 rings (SSSR count). The zero-order chi connectivity index (χ0) is 49.3. The summed E-state index contributed by atoms with van der Waals surface area (Å²) in [6, 6.07) is 17.4. The van der Waals surface area contributed by atoms with Crippen LogP contribution in [0.4, 0.5) is 70.8 Å². The largest absolute Gasteiger partial charge is 0.431 e. The number of anilines is 10. The van der Waals surface area contributed by atoms with Crippen LogP contribution < -0.4 is 41.0 Å². The van der Waals surface area contributed by atoms with Crippen LogP contribution in [0, 0.1) is 17.5 Å². The number of carbonyl (C=O) groups is 2. The highest BCUT2D eigenvalue weighted by Crippen LogP contribution is 2.46. The molecule has 4 aromatic carbocycles. The maximum absolute atomic E-state index is 16.0. The van der Waals surface area contributed by atoms with Gasteiger partial charge in [0, 0.05) is 68.2 Å². The van der Waals surface area contributed by atoms with Crippen LogP contribution in [-0.2, 0) is 23.7 Å². The van der Waals surface area contributed by atoms with E-state index < -0.39 is 35.2 Å². The van der Waals surface area contributed by atoms with E-state index in [-0.39, 0.29) is 67.7 Å². The molecule has 18 nitrogen and oxygen atoms in total. The minimum Gasteiger partial charge on any atom is -0.431 e. The second-order valence-corrected chi connectivity index (χ2v) is 16.4. The Morgan fingerprint density at radius 1 is 0.700 bits per heavy atom. The summed E-state index contributed by atoms with van der Waals surface area (Å²) in [6.45, 7) is 8.65. The zero-order valence-electron chi connectivity index (χ0n) is 37.1. The number of ether oxygens (including phenoxy) is 2. The molecule has 0 bridgehead atoms. The van der Waals surface area contributed by atoms with E-state index in [1.165, 1.54) is 61.8 Å². The van der Waals surface area contributed by atoms with Gasteiger partial charge in [0.2, 0.25) is 17.8 Å². The van der Waals surface area contributed by atoms with Gasteiger partial charge >= 0.3 is 5.91 Å². The molecule has 4 aromatic heterocycles. The highest BCUT2D eigenvalue weighted by molar-refractivity contribution is 9.10. The summed E-state index contributed by atoms with van der Waals surface area (Å²) in [5.41, 5.74) is 2.54. The third-order valence-corrected chi connectivity index (χ3v) is 11.1. The minimum atomic E-state index is -1.89. The van der Waals surface area contributed by atoms with E-state index in [9.17, 15) is 9.59 Å². The molecular formula is C48H38BrF3N14O4. The van der Waals surface area contributed by atoms with Crippen molar-refractivity contribution in [2.24, 2.45) is 14.1 Å². The summed E-state index contributed by atoms with van der Waals surface area (Å²) in [6.07, 6.45) is 11.6. The lowest BCUT2D eigenvalue weighted by Gasteiger charge is -2.35. The number of nitrogens with one attached hydrogen (secondary N) is 5. The molecule has 352 valence electrons. The standard InChI is InChI=1S/C48H38BrF3N14O4/c1-6-41(67)57-27-12-14-35(50)37(18-27)60-44-32(22-53-46(62-44)58-28-20-55-64(4)24-28)26-11-16-39-40(17-26)70-48(3,69-39)66(42(68)7-2)30-13-15-36(51)38(19-30)61-45-33(31-9-8-10-34(49)43(31)52)23-54-47(63-45)59-29-21-56-65(5)25-29/h6-25H,1-2H2,3-5H3,(H,57,67)(H2,53,58,60,62)(H2,54,59,61,63). The van der Waals surface area contributed by atoms with Crippen LogP contribution in [0.15, 0.2) is 140 Å². The first-order valence-corrected chi connectivity index (χ1v) is 21.7. The van der Waals surface area contributed by atoms with Crippen LogP contribution in [0.1, 0.15) is 6.92 Å². The third-order valence-electron chi connectivity index (χ3n) is 10.5. The Morgan fingerprint density at radius 3 is 1.94 bits per heavy atom. The van der Waals surface area contributed by atoms with Crippen molar-refractivity contribution in [2.75, 3.05) is 31.5 Å². The lowest BCUT2D eigenvalue weighted by molar-refractivity contribution is -0.125. The van der Waals surface area contributed by atoms with Crippen LogP contribution in [-0.4, -0.2) is 57.2 Å². The maximum atomic E-state index is 16.0. The van der Waals surface area contributed by atoms with Gasteiger partial charge in [-0.3, -0.25) is 19.0 Å². The Kier molecular flexibility index (Phi) is 12.5. The van der Waals surface area contributed by atoms with Gasteiger partial charge in [0.05, 0.1) is 45.3 Å². The SMILES string of the molecule is C=CC(=O)Nc1ccc(F)c(Nc2nc(Nc3cnn(C)c3)ncc2-c2ccc3c(c2)OC(C)(N(C(=O)C=C)c2ccc(F)c(Nc4nc(Nc5cnn(C)c5)ncc4-c4cccc(Br)c4F)c2)O3)c1. The van der Waals surface area contributed by atoms with Crippen molar-refractivity contribution in [1.82, 2.24) is 39.5 Å². The predicted molar refractivity (Wildman–Crippen MR) is 261 cm³/mol. The van der Waals surface area contributed by atoms with E-state index in [2.05, 4.69) is 85.8 Å². The number of nitrogens with zero attached hydrogens (tertiary/aromatic N) is 9. The normalized spacial score (nSPS) is 13.6. The predicted octanol–water partition coefficient (Wildman–Crippen LogP) is 10.0. The molecule has 2 amide bonds. The first-order chi connectivity index (χ1) is 33.7. The number of hydrogen-bond donors (Lipinski definition) is 5. The monoisotopic (exact) mass is 1010 g/mol. The van der Waals surface area contributed by atoms with Gasteiger partial charge < -0.3 is 36.1 Å². The molecule has 0 aliphatic carbocycles. The fourth-order valence-corrected chi connectivity index (χ4v) is 7.70. The molecule has 5 heterocycles. The average Bonchev–Trinajstić information content (AvgIpc) is 4.05. The van der Waals surface area contributed by atoms with Crippen LogP contribution in [0.5, 0.6) is 11.5 Å². The molecule has 0 saturated heterocycles. The van der Waals surface area contributed by atoms with E-state index in [1.54, 1.807) is 72.5 Å². The minimum absolute atomic E-state index is 0.0178. The summed E-state index contributed by atoms with van der Waals surface area (Å²) in [7, 11) is 3.49. The lowest BCUT2D eigenvalue weighted by Crippen LogP contribution is -2.55. The van der Waals surface area contributed by atoms with E-state index in [1.807, 2.05) is 0 Å². The zero-order valence-corrected chi connectivity index (χ0v) is 38.7. The Morgan fingerprint density at radius 2 is 1.31 bits per heavy atom. The summed E-state index contributed by atoms with van der Waals surface area (Å²) in [4.78, 5) is 45.3. The fraction of sp³-hybridized carbons (Fsp3) is 0.0833. The van der Waals surface area contributed by atoms with Crippen molar-refractivity contribution in [3.8, 4) is 33.8 Å². The molecule has 22 heteroatoms. The van der Waals surface area contributed by atoms with Crippen molar-refractivity contribution in [3.05, 3.63) is 157 Å².